The van der Waals surface area contributed by atoms with Gasteiger partial charge in [-0.3, -0.25) is 4.68 Å². The zero-order valence-electron chi connectivity index (χ0n) is 10.7. The summed E-state index contributed by atoms with van der Waals surface area (Å²) in [6, 6.07) is 1.92. The Hall–Kier alpha value is -1.55. The molecule has 0 saturated carbocycles. The molecular formula is C13H19N3O. The van der Waals surface area contributed by atoms with Crippen molar-refractivity contribution in [3.05, 3.63) is 40.6 Å². The van der Waals surface area contributed by atoms with Gasteiger partial charge in [0.05, 0.1) is 18.5 Å². The zero-order chi connectivity index (χ0) is 12.4. The van der Waals surface area contributed by atoms with E-state index >= 15 is 0 Å². The Morgan fingerprint density at radius 1 is 1.41 bits per heavy atom. The standard InChI is InChI=1S/C13H19N3O/c1-4-12-9(2)15-16(10(12)3)8-13-11(7-14)5-6-17-13/h5-6H,4,7-8,14H2,1-3H3. The normalized spacial score (nSPS) is 11.1. The van der Waals surface area contributed by atoms with Crippen LogP contribution in [0.5, 0.6) is 0 Å². The minimum Gasteiger partial charge on any atom is -0.467 e. The van der Waals surface area contributed by atoms with E-state index in [4.69, 9.17) is 10.2 Å². The average Bonchev–Trinajstić information content (AvgIpc) is 2.85. The minimum atomic E-state index is 0.506. The minimum absolute atomic E-state index is 0.506. The van der Waals surface area contributed by atoms with Crippen LogP contribution in [0, 0.1) is 13.8 Å². The molecule has 0 spiro atoms. The molecule has 2 N–H and O–H groups in total. The molecule has 4 nitrogen and oxygen atoms in total. The summed E-state index contributed by atoms with van der Waals surface area (Å²) in [6.07, 6.45) is 2.70. The van der Waals surface area contributed by atoms with Crippen molar-refractivity contribution in [1.29, 1.82) is 0 Å². The Morgan fingerprint density at radius 2 is 2.18 bits per heavy atom. The molecule has 2 rings (SSSR count). The van der Waals surface area contributed by atoms with E-state index in [-0.39, 0.29) is 0 Å². The lowest BCUT2D eigenvalue weighted by molar-refractivity contribution is 0.471. The van der Waals surface area contributed by atoms with Crippen molar-refractivity contribution in [3.63, 3.8) is 0 Å². The van der Waals surface area contributed by atoms with Crippen molar-refractivity contribution in [2.45, 2.75) is 40.3 Å². The van der Waals surface area contributed by atoms with Crippen LogP contribution in [0.25, 0.3) is 0 Å². The van der Waals surface area contributed by atoms with Gasteiger partial charge in [0.1, 0.15) is 5.76 Å². The summed E-state index contributed by atoms with van der Waals surface area (Å²) < 4.78 is 7.45. The third kappa shape index (κ3) is 2.13. The fraction of sp³-hybridized carbons (Fsp3) is 0.462. The van der Waals surface area contributed by atoms with Gasteiger partial charge in [0, 0.05) is 17.8 Å². The predicted octanol–water partition coefficient (Wildman–Crippen LogP) is 2.16. The molecule has 0 aliphatic carbocycles. The van der Waals surface area contributed by atoms with E-state index < -0.39 is 0 Å². The number of nitrogens with two attached hydrogens (primary N) is 1. The van der Waals surface area contributed by atoms with Crippen LogP contribution < -0.4 is 5.73 Å². The fourth-order valence-corrected chi connectivity index (χ4v) is 2.22. The topological polar surface area (TPSA) is 57.0 Å². The second-order valence-electron chi connectivity index (χ2n) is 4.23. The third-order valence-corrected chi connectivity index (χ3v) is 3.24. The molecule has 0 amide bonds. The molecule has 2 aromatic heterocycles. The molecule has 0 fully saturated rings. The maximum absolute atomic E-state index is 5.66. The molecule has 0 atom stereocenters. The molecule has 0 saturated heterocycles. The summed E-state index contributed by atoms with van der Waals surface area (Å²) in [5.41, 5.74) is 10.3. The first kappa shape index (κ1) is 11.9. The van der Waals surface area contributed by atoms with Gasteiger partial charge in [-0.05, 0) is 31.9 Å². The summed E-state index contributed by atoms with van der Waals surface area (Å²) in [5, 5.41) is 4.55. The van der Waals surface area contributed by atoms with Crippen LogP contribution in [0.15, 0.2) is 16.7 Å². The van der Waals surface area contributed by atoms with Crippen molar-refractivity contribution in [1.82, 2.24) is 9.78 Å². The molecule has 92 valence electrons. The first-order valence-electron chi connectivity index (χ1n) is 5.95. The maximum Gasteiger partial charge on any atom is 0.129 e. The van der Waals surface area contributed by atoms with Gasteiger partial charge in [-0.25, -0.2) is 0 Å². The Balaban J connectivity index is 2.30. The van der Waals surface area contributed by atoms with Crippen molar-refractivity contribution in [3.8, 4) is 0 Å². The largest absolute Gasteiger partial charge is 0.467 e. The number of aromatic nitrogens is 2. The summed E-state index contributed by atoms with van der Waals surface area (Å²) in [6.45, 7) is 7.47. The number of hydrogen-bond acceptors (Lipinski definition) is 3. The third-order valence-electron chi connectivity index (χ3n) is 3.24. The van der Waals surface area contributed by atoms with E-state index in [0.717, 1.165) is 23.4 Å². The molecule has 17 heavy (non-hydrogen) atoms. The second-order valence-corrected chi connectivity index (χ2v) is 4.23. The van der Waals surface area contributed by atoms with Crippen molar-refractivity contribution in [2.75, 3.05) is 0 Å². The molecule has 4 heteroatoms. The molecule has 2 aromatic rings. The number of furan rings is 1. The van der Waals surface area contributed by atoms with Crippen LogP contribution in [-0.4, -0.2) is 9.78 Å². The number of aryl methyl sites for hydroxylation is 1. The Morgan fingerprint density at radius 3 is 2.76 bits per heavy atom. The molecule has 0 bridgehead atoms. The number of hydrogen-bond donors (Lipinski definition) is 1. The van der Waals surface area contributed by atoms with Crippen LogP contribution in [0.3, 0.4) is 0 Å². The van der Waals surface area contributed by atoms with E-state index in [2.05, 4.69) is 18.9 Å². The van der Waals surface area contributed by atoms with Crippen molar-refractivity contribution >= 4 is 0 Å². The van der Waals surface area contributed by atoms with E-state index in [1.165, 1.54) is 11.3 Å². The van der Waals surface area contributed by atoms with E-state index in [9.17, 15) is 0 Å². The SMILES string of the molecule is CCc1c(C)nn(Cc2occc2CN)c1C. The highest BCUT2D eigenvalue weighted by Gasteiger charge is 2.12. The highest BCUT2D eigenvalue weighted by molar-refractivity contribution is 5.25. The highest BCUT2D eigenvalue weighted by atomic mass is 16.3. The van der Waals surface area contributed by atoms with Gasteiger partial charge < -0.3 is 10.2 Å². The molecule has 2 heterocycles. The van der Waals surface area contributed by atoms with Gasteiger partial charge in [-0.1, -0.05) is 6.92 Å². The second kappa shape index (κ2) is 4.75. The highest BCUT2D eigenvalue weighted by Crippen LogP contribution is 2.17. The summed E-state index contributed by atoms with van der Waals surface area (Å²) in [4.78, 5) is 0. The van der Waals surface area contributed by atoms with E-state index in [0.29, 0.717) is 13.1 Å². The summed E-state index contributed by atoms with van der Waals surface area (Å²) in [5.74, 6) is 0.903. The van der Waals surface area contributed by atoms with E-state index in [1.54, 1.807) is 6.26 Å². The van der Waals surface area contributed by atoms with Crippen LogP contribution >= 0.6 is 0 Å². The summed E-state index contributed by atoms with van der Waals surface area (Å²) >= 11 is 0. The monoisotopic (exact) mass is 233 g/mol. The Kier molecular flexibility index (Phi) is 3.33. The Bertz CT molecular complexity index is 511. The molecule has 0 aromatic carbocycles. The Labute approximate surface area is 101 Å². The van der Waals surface area contributed by atoms with Crippen LogP contribution in [0.4, 0.5) is 0 Å². The van der Waals surface area contributed by atoms with E-state index in [1.807, 2.05) is 17.7 Å². The van der Waals surface area contributed by atoms with Gasteiger partial charge in [-0.2, -0.15) is 5.10 Å². The van der Waals surface area contributed by atoms with Gasteiger partial charge in [0.15, 0.2) is 0 Å². The predicted molar refractivity (Wildman–Crippen MR) is 66.8 cm³/mol. The molecule has 0 radical (unpaired) electrons. The first-order valence-corrected chi connectivity index (χ1v) is 5.95. The van der Waals surface area contributed by atoms with Crippen LogP contribution in [-0.2, 0) is 19.5 Å². The van der Waals surface area contributed by atoms with Crippen LogP contribution in [0.1, 0.15) is 35.2 Å². The quantitative estimate of drug-likeness (QED) is 0.880. The number of nitrogens with zero attached hydrogens (tertiary/aromatic N) is 2. The fourth-order valence-electron chi connectivity index (χ4n) is 2.22. The van der Waals surface area contributed by atoms with Gasteiger partial charge in [0.25, 0.3) is 0 Å². The molecular weight excluding hydrogens is 214 g/mol. The van der Waals surface area contributed by atoms with Crippen LogP contribution in [0.2, 0.25) is 0 Å². The zero-order valence-corrected chi connectivity index (χ0v) is 10.7. The maximum atomic E-state index is 5.66. The van der Waals surface area contributed by atoms with Crippen molar-refractivity contribution < 1.29 is 4.42 Å². The lowest BCUT2D eigenvalue weighted by Gasteiger charge is -2.04. The lowest BCUT2D eigenvalue weighted by atomic mass is 10.1. The summed E-state index contributed by atoms with van der Waals surface area (Å²) in [7, 11) is 0. The molecule has 0 aliphatic rings. The van der Waals surface area contributed by atoms with Crippen molar-refractivity contribution in [2.24, 2.45) is 5.73 Å². The average molecular weight is 233 g/mol. The smallest absolute Gasteiger partial charge is 0.129 e. The van der Waals surface area contributed by atoms with Gasteiger partial charge in [-0.15, -0.1) is 0 Å². The lowest BCUT2D eigenvalue weighted by Crippen LogP contribution is -2.07. The molecule has 0 aliphatic heterocycles. The van der Waals surface area contributed by atoms with Gasteiger partial charge >= 0.3 is 0 Å². The first-order chi connectivity index (χ1) is 8.17. The molecule has 0 unspecified atom stereocenters. The van der Waals surface area contributed by atoms with Gasteiger partial charge in [0.2, 0.25) is 0 Å². The number of rotatable bonds is 4.